The van der Waals surface area contributed by atoms with Crippen LogP contribution in [0.4, 0.5) is 4.39 Å². The minimum Gasteiger partial charge on any atom is -0.375 e. The van der Waals surface area contributed by atoms with Gasteiger partial charge in [0.15, 0.2) is 0 Å². The zero-order chi connectivity index (χ0) is 14.7. The maximum atomic E-state index is 13.0. The van der Waals surface area contributed by atoms with Crippen LogP contribution >= 0.6 is 11.8 Å². The molecule has 1 spiro atoms. The Morgan fingerprint density at radius 2 is 2.00 bits per heavy atom. The molecule has 21 heavy (non-hydrogen) atoms. The molecule has 1 aromatic rings. The topological polar surface area (TPSA) is 21.3 Å². The molecule has 2 aliphatic heterocycles. The highest BCUT2D eigenvalue weighted by molar-refractivity contribution is 7.99. The number of ether oxygens (including phenoxy) is 1. The molecule has 2 atom stereocenters. The molecule has 1 unspecified atom stereocenters. The van der Waals surface area contributed by atoms with Gasteiger partial charge in [0, 0.05) is 18.7 Å². The molecule has 0 bridgehead atoms. The summed E-state index contributed by atoms with van der Waals surface area (Å²) in [6, 6.07) is 7.58. The van der Waals surface area contributed by atoms with Crippen LogP contribution in [0, 0.1) is 5.82 Å². The Hall–Kier alpha value is -0.580. The summed E-state index contributed by atoms with van der Waals surface area (Å²) in [5, 5.41) is 3.72. The highest BCUT2D eigenvalue weighted by Crippen LogP contribution is 2.38. The van der Waals surface area contributed by atoms with Crippen molar-refractivity contribution in [2.75, 3.05) is 18.1 Å². The molecular weight excluding hydrogens is 285 g/mol. The van der Waals surface area contributed by atoms with Crippen LogP contribution in [-0.2, 0) is 4.74 Å². The summed E-state index contributed by atoms with van der Waals surface area (Å²) in [4.78, 5) is 0. The number of halogens is 1. The van der Waals surface area contributed by atoms with Gasteiger partial charge >= 0.3 is 0 Å². The normalized spacial score (nSPS) is 26.7. The maximum Gasteiger partial charge on any atom is 0.123 e. The molecule has 1 N–H and O–H groups in total. The summed E-state index contributed by atoms with van der Waals surface area (Å²) in [6.07, 6.45) is 4.54. The van der Waals surface area contributed by atoms with Gasteiger partial charge in [-0.1, -0.05) is 12.1 Å². The van der Waals surface area contributed by atoms with E-state index < -0.39 is 0 Å². The van der Waals surface area contributed by atoms with Crippen molar-refractivity contribution in [3.05, 3.63) is 35.6 Å². The first-order chi connectivity index (χ1) is 10.2. The summed E-state index contributed by atoms with van der Waals surface area (Å²) >= 11 is 2.04. The highest BCUT2D eigenvalue weighted by atomic mass is 32.2. The van der Waals surface area contributed by atoms with Crippen LogP contribution in [0.2, 0.25) is 0 Å². The molecule has 2 nitrogen and oxygen atoms in total. The Labute approximate surface area is 130 Å². The van der Waals surface area contributed by atoms with E-state index in [9.17, 15) is 4.39 Å². The number of nitrogens with one attached hydrogen (secondary N) is 1. The fraction of sp³-hybridized carbons (Fsp3) is 0.647. The summed E-state index contributed by atoms with van der Waals surface area (Å²) in [6.45, 7) is 3.02. The molecule has 2 aliphatic rings. The van der Waals surface area contributed by atoms with Crippen LogP contribution in [-0.4, -0.2) is 29.8 Å². The lowest BCUT2D eigenvalue weighted by atomic mass is 9.85. The molecule has 0 saturated carbocycles. The van der Waals surface area contributed by atoms with Crippen molar-refractivity contribution in [3.63, 3.8) is 0 Å². The monoisotopic (exact) mass is 309 g/mol. The van der Waals surface area contributed by atoms with E-state index in [4.69, 9.17) is 4.74 Å². The van der Waals surface area contributed by atoms with Gasteiger partial charge in [-0.25, -0.2) is 4.39 Å². The lowest BCUT2D eigenvalue weighted by Gasteiger charge is -2.44. The molecule has 0 aromatic heterocycles. The van der Waals surface area contributed by atoms with Gasteiger partial charge < -0.3 is 10.1 Å². The van der Waals surface area contributed by atoms with E-state index in [1.165, 1.54) is 36.5 Å². The van der Waals surface area contributed by atoms with Crippen LogP contribution in [0.1, 0.15) is 44.2 Å². The quantitative estimate of drug-likeness (QED) is 0.914. The van der Waals surface area contributed by atoms with E-state index in [0.717, 1.165) is 25.0 Å². The molecule has 4 heteroatoms. The number of hydrogen-bond acceptors (Lipinski definition) is 3. The van der Waals surface area contributed by atoms with Gasteiger partial charge in [-0.05, 0) is 61.8 Å². The third-order valence-electron chi connectivity index (χ3n) is 4.75. The lowest BCUT2D eigenvalue weighted by molar-refractivity contribution is -0.0940. The standard InChI is InChI=1S/C17H24FNOS/c1-13(14-2-4-15(18)5-3-14)19-16-6-9-20-17(12-16)7-10-21-11-8-17/h2-5,13,16,19H,6-12H2,1H3/t13-,16?/m1/s1. The zero-order valence-electron chi connectivity index (χ0n) is 12.6. The molecule has 0 radical (unpaired) electrons. The molecular formula is C17H24FNOS. The molecule has 0 aliphatic carbocycles. The van der Waals surface area contributed by atoms with Gasteiger partial charge in [0.05, 0.1) is 5.60 Å². The molecule has 2 heterocycles. The third kappa shape index (κ3) is 3.79. The minimum absolute atomic E-state index is 0.115. The van der Waals surface area contributed by atoms with E-state index in [1.807, 2.05) is 23.9 Å². The average molecular weight is 309 g/mol. The minimum atomic E-state index is -0.171. The highest BCUT2D eigenvalue weighted by Gasteiger charge is 2.38. The fourth-order valence-corrected chi connectivity index (χ4v) is 4.70. The van der Waals surface area contributed by atoms with Crippen molar-refractivity contribution in [2.45, 2.75) is 50.3 Å². The van der Waals surface area contributed by atoms with Crippen molar-refractivity contribution in [1.29, 1.82) is 0 Å². The van der Waals surface area contributed by atoms with E-state index in [2.05, 4.69) is 12.2 Å². The Morgan fingerprint density at radius 1 is 1.29 bits per heavy atom. The largest absolute Gasteiger partial charge is 0.375 e. The third-order valence-corrected chi connectivity index (χ3v) is 5.74. The molecule has 0 amide bonds. The van der Waals surface area contributed by atoms with Crippen molar-refractivity contribution >= 4 is 11.8 Å². The zero-order valence-corrected chi connectivity index (χ0v) is 13.4. The second-order valence-corrected chi connectivity index (χ2v) is 7.50. The van der Waals surface area contributed by atoms with Crippen LogP contribution in [0.5, 0.6) is 0 Å². The summed E-state index contributed by atoms with van der Waals surface area (Å²) in [5.74, 6) is 2.27. The Bertz CT molecular complexity index is 453. The molecule has 2 saturated heterocycles. The van der Waals surface area contributed by atoms with E-state index >= 15 is 0 Å². The first-order valence-electron chi connectivity index (χ1n) is 7.90. The number of thioether (sulfide) groups is 1. The second-order valence-electron chi connectivity index (χ2n) is 6.27. The van der Waals surface area contributed by atoms with Crippen molar-refractivity contribution in [1.82, 2.24) is 5.32 Å². The first-order valence-corrected chi connectivity index (χ1v) is 9.06. The Kier molecular flexibility index (Phi) is 4.87. The molecule has 3 rings (SSSR count). The van der Waals surface area contributed by atoms with Crippen molar-refractivity contribution in [2.24, 2.45) is 0 Å². The Morgan fingerprint density at radius 3 is 2.71 bits per heavy atom. The number of benzene rings is 1. The summed E-state index contributed by atoms with van der Waals surface area (Å²) in [5.41, 5.74) is 1.26. The van der Waals surface area contributed by atoms with E-state index in [0.29, 0.717) is 6.04 Å². The maximum absolute atomic E-state index is 13.0. The van der Waals surface area contributed by atoms with Gasteiger partial charge in [0.2, 0.25) is 0 Å². The van der Waals surface area contributed by atoms with Gasteiger partial charge in [0.25, 0.3) is 0 Å². The van der Waals surface area contributed by atoms with Gasteiger partial charge in [-0.2, -0.15) is 11.8 Å². The van der Waals surface area contributed by atoms with Crippen molar-refractivity contribution < 1.29 is 9.13 Å². The summed E-state index contributed by atoms with van der Waals surface area (Å²) in [7, 11) is 0. The van der Waals surface area contributed by atoms with Crippen LogP contribution in [0.3, 0.4) is 0 Å². The van der Waals surface area contributed by atoms with E-state index in [-0.39, 0.29) is 17.5 Å². The predicted molar refractivity (Wildman–Crippen MR) is 86.2 cm³/mol. The smallest absolute Gasteiger partial charge is 0.123 e. The predicted octanol–water partition coefficient (Wildman–Crippen LogP) is 3.92. The van der Waals surface area contributed by atoms with E-state index in [1.54, 1.807) is 0 Å². The van der Waals surface area contributed by atoms with Crippen molar-refractivity contribution in [3.8, 4) is 0 Å². The van der Waals surface area contributed by atoms with Gasteiger partial charge in [-0.3, -0.25) is 0 Å². The van der Waals surface area contributed by atoms with Crippen LogP contribution in [0.25, 0.3) is 0 Å². The second kappa shape index (κ2) is 6.67. The molecule has 116 valence electrons. The Balaban J connectivity index is 1.60. The molecule has 1 aromatic carbocycles. The average Bonchev–Trinajstić information content (AvgIpc) is 2.49. The van der Waals surface area contributed by atoms with Crippen LogP contribution < -0.4 is 5.32 Å². The van der Waals surface area contributed by atoms with Gasteiger partial charge in [0.1, 0.15) is 5.82 Å². The summed E-state index contributed by atoms with van der Waals surface area (Å²) < 4.78 is 19.1. The van der Waals surface area contributed by atoms with Gasteiger partial charge in [-0.15, -0.1) is 0 Å². The number of hydrogen-bond donors (Lipinski definition) is 1. The molecule has 2 fully saturated rings. The van der Waals surface area contributed by atoms with Crippen LogP contribution in [0.15, 0.2) is 24.3 Å². The SMILES string of the molecule is C[C@@H](NC1CCOC2(CCSCC2)C1)c1ccc(F)cc1. The lowest BCUT2D eigenvalue weighted by Crippen LogP contribution is -2.49. The fourth-order valence-electron chi connectivity index (χ4n) is 3.46. The number of rotatable bonds is 3. The first kappa shape index (κ1) is 15.3.